The van der Waals surface area contributed by atoms with Gasteiger partial charge in [0.25, 0.3) is 0 Å². The first-order chi connectivity index (χ1) is 18.3. The van der Waals surface area contributed by atoms with Gasteiger partial charge in [0.05, 0.1) is 0 Å². The van der Waals surface area contributed by atoms with E-state index < -0.39 is 11.6 Å². The zero-order chi connectivity index (χ0) is 29.9. The average Bonchev–Trinajstić information content (AvgIpc) is 2.86. The molecule has 0 spiro atoms. The molecule has 0 unspecified atom stereocenters. The monoisotopic (exact) mass is 530 g/mol. The van der Waals surface area contributed by atoms with Crippen molar-refractivity contribution in [2.45, 2.75) is 59.9 Å². The molecule has 0 fully saturated rings. The highest BCUT2D eigenvalue weighted by Gasteiger charge is 2.16. The van der Waals surface area contributed by atoms with E-state index in [0.717, 1.165) is 39.3 Å². The van der Waals surface area contributed by atoms with Crippen LogP contribution in [0, 0.1) is 25.5 Å². The lowest BCUT2D eigenvalue weighted by atomic mass is 9.97. The number of hydrogen-bond acceptors (Lipinski definition) is 2. The maximum Gasteiger partial charge on any atom is 0.127 e. The summed E-state index contributed by atoms with van der Waals surface area (Å²) in [4.78, 5) is 0. The predicted molar refractivity (Wildman–Crippen MR) is 168 cm³/mol. The molecule has 0 heterocycles. The van der Waals surface area contributed by atoms with Gasteiger partial charge in [-0.15, -0.1) is 26.3 Å². The Bertz CT molecular complexity index is 1300. The molecule has 0 aliphatic carbocycles. The molecule has 0 saturated heterocycles. The standard InChI is InChI=1S/C31H36F2N2.2C2H4/c1-19(2)13-25-16-28(33)26(17-27(25)32)15-24-11-10-23(22(5)35-31(6,7)8)18-30(24)34-29-12-9-20(3)14-21(29)4;2*1-2/h9-12,14,16-18,34-35H,1,5,13,15H2,2-4,6-8H3;2*1-2H2. The van der Waals surface area contributed by atoms with Crippen molar-refractivity contribution in [3.8, 4) is 0 Å². The number of allylic oxidation sites excluding steroid dienone is 1. The molecule has 3 rings (SSSR count). The first kappa shape index (κ1) is 33.1. The molecule has 39 heavy (non-hydrogen) atoms. The third-order valence-corrected chi connectivity index (χ3v) is 5.72. The predicted octanol–water partition coefficient (Wildman–Crippen LogP) is 10.00. The van der Waals surface area contributed by atoms with Gasteiger partial charge < -0.3 is 10.6 Å². The maximum absolute atomic E-state index is 15.0. The molecule has 0 aromatic heterocycles. The van der Waals surface area contributed by atoms with Gasteiger partial charge in [-0.25, -0.2) is 8.78 Å². The molecule has 2 N–H and O–H groups in total. The molecule has 0 aliphatic rings. The van der Waals surface area contributed by atoms with E-state index in [1.807, 2.05) is 37.3 Å². The Morgan fingerprint density at radius 2 is 1.36 bits per heavy atom. The topological polar surface area (TPSA) is 24.1 Å². The molecule has 4 heteroatoms. The summed E-state index contributed by atoms with van der Waals surface area (Å²) in [5.74, 6) is -0.823. The Morgan fingerprint density at radius 3 is 1.92 bits per heavy atom. The number of anilines is 2. The van der Waals surface area contributed by atoms with Crippen molar-refractivity contribution < 1.29 is 8.78 Å². The fraction of sp³-hybridized carbons (Fsp3) is 0.257. The number of nitrogens with one attached hydrogen (secondary N) is 2. The van der Waals surface area contributed by atoms with Crippen LogP contribution in [0.25, 0.3) is 5.70 Å². The zero-order valence-electron chi connectivity index (χ0n) is 24.5. The normalized spacial score (nSPS) is 10.4. The molecule has 0 bridgehead atoms. The van der Waals surface area contributed by atoms with E-state index in [9.17, 15) is 8.78 Å². The first-order valence-corrected chi connectivity index (χ1v) is 12.9. The Hall–Kier alpha value is -3.92. The number of benzene rings is 3. The van der Waals surface area contributed by atoms with Crippen LogP contribution in [0.1, 0.15) is 61.1 Å². The van der Waals surface area contributed by atoms with E-state index in [0.29, 0.717) is 17.5 Å². The molecular formula is C35H44F2N2. The number of hydrogen-bond donors (Lipinski definition) is 2. The van der Waals surface area contributed by atoms with Gasteiger partial charge in [0.15, 0.2) is 0 Å². The van der Waals surface area contributed by atoms with Crippen molar-refractivity contribution in [2.75, 3.05) is 5.32 Å². The van der Waals surface area contributed by atoms with E-state index in [4.69, 9.17) is 0 Å². The van der Waals surface area contributed by atoms with Gasteiger partial charge in [0.1, 0.15) is 11.6 Å². The van der Waals surface area contributed by atoms with Crippen LogP contribution in [0.2, 0.25) is 0 Å². The Balaban J connectivity index is 0.00000181. The molecule has 0 saturated carbocycles. The third-order valence-electron chi connectivity index (χ3n) is 5.72. The largest absolute Gasteiger partial charge is 0.380 e. The van der Waals surface area contributed by atoms with E-state index in [1.54, 1.807) is 6.92 Å². The summed E-state index contributed by atoms with van der Waals surface area (Å²) < 4.78 is 29.7. The summed E-state index contributed by atoms with van der Waals surface area (Å²) in [6, 6.07) is 14.7. The van der Waals surface area contributed by atoms with Gasteiger partial charge >= 0.3 is 0 Å². The van der Waals surface area contributed by atoms with Crippen LogP contribution in [0.3, 0.4) is 0 Å². The molecule has 0 radical (unpaired) electrons. The minimum Gasteiger partial charge on any atom is -0.380 e. The molecule has 3 aromatic rings. The molecule has 0 aliphatic heterocycles. The van der Waals surface area contributed by atoms with Crippen LogP contribution in [-0.2, 0) is 12.8 Å². The van der Waals surface area contributed by atoms with Crippen molar-refractivity contribution in [3.05, 3.63) is 139 Å². The number of rotatable bonds is 8. The second-order valence-electron chi connectivity index (χ2n) is 10.5. The van der Waals surface area contributed by atoms with E-state index >= 15 is 0 Å². The van der Waals surface area contributed by atoms with Gasteiger partial charge in [-0.1, -0.05) is 48.6 Å². The SMILES string of the molecule is C=C.C=C.C=C(C)Cc1cc(F)c(Cc2ccc(C(=C)NC(C)(C)C)cc2Nc2ccc(C)cc2C)cc1F. The Morgan fingerprint density at radius 1 is 0.769 bits per heavy atom. The van der Waals surface area contributed by atoms with Crippen molar-refractivity contribution in [1.82, 2.24) is 5.32 Å². The summed E-state index contributed by atoms with van der Waals surface area (Å²) in [6.07, 6.45) is 0.572. The highest BCUT2D eigenvalue weighted by molar-refractivity contribution is 5.73. The maximum atomic E-state index is 15.0. The average molecular weight is 531 g/mol. The lowest BCUT2D eigenvalue weighted by Crippen LogP contribution is -2.33. The fourth-order valence-electron chi connectivity index (χ4n) is 4.09. The van der Waals surface area contributed by atoms with Gasteiger partial charge in [-0.05, 0) is 100 Å². The van der Waals surface area contributed by atoms with Gasteiger partial charge in [-0.2, -0.15) is 0 Å². The van der Waals surface area contributed by atoms with Gasteiger partial charge in [-0.3, -0.25) is 0 Å². The molecule has 2 nitrogen and oxygen atoms in total. The highest BCUT2D eigenvalue weighted by atomic mass is 19.1. The lowest BCUT2D eigenvalue weighted by Gasteiger charge is -2.25. The third kappa shape index (κ3) is 10.0. The summed E-state index contributed by atoms with van der Waals surface area (Å²) in [5.41, 5.74) is 7.97. The van der Waals surface area contributed by atoms with E-state index in [-0.39, 0.29) is 12.0 Å². The molecule has 208 valence electrons. The molecule has 0 atom stereocenters. The summed E-state index contributed by atoms with van der Waals surface area (Å²) in [7, 11) is 0. The first-order valence-electron chi connectivity index (χ1n) is 12.9. The minimum atomic E-state index is -0.414. The second-order valence-corrected chi connectivity index (χ2v) is 10.5. The smallest absolute Gasteiger partial charge is 0.127 e. The Kier molecular flexibility index (Phi) is 12.6. The number of aryl methyl sites for hydroxylation is 2. The molecule has 0 amide bonds. The quantitative estimate of drug-likeness (QED) is 0.283. The Labute approximate surface area is 234 Å². The van der Waals surface area contributed by atoms with Crippen molar-refractivity contribution in [2.24, 2.45) is 0 Å². The summed E-state index contributed by atoms with van der Waals surface area (Å²) in [5, 5.41) is 6.94. The van der Waals surface area contributed by atoms with Gasteiger partial charge in [0, 0.05) is 29.0 Å². The van der Waals surface area contributed by atoms with Crippen molar-refractivity contribution >= 4 is 17.1 Å². The lowest BCUT2D eigenvalue weighted by molar-refractivity contribution is 0.502. The summed E-state index contributed by atoms with van der Waals surface area (Å²) in [6.45, 7) is 32.2. The number of halogens is 2. The van der Waals surface area contributed by atoms with Gasteiger partial charge in [0.2, 0.25) is 0 Å². The zero-order valence-corrected chi connectivity index (χ0v) is 24.5. The van der Waals surface area contributed by atoms with Crippen molar-refractivity contribution in [1.29, 1.82) is 0 Å². The van der Waals surface area contributed by atoms with E-state index in [2.05, 4.69) is 83.9 Å². The molecular weight excluding hydrogens is 486 g/mol. The minimum absolute atomic E-state index is 0.136. The van der Waals surface area contributed by atoms with Crippen LogP contribution < -0.4 is 10.6 Å². The molecule has 3 aromatic carbocycles. The van der Waals surface area contributed by atoms with Crippen LogP contribution in [0.4, 0.5) is 20.2 Å². The van der Waals surface area contributed by atoms with Crippen LogP contribution >= 0.6 is 0 Å². The second kappa shape index (κ2) is 14.9. The van der Waals surface area contributed by atoms with Crippen molar-refractivity contribution in [3.63, 3.8) is 0 Å². The van der Waals surface area contributed by atoms with Crippen LogP contribution in [-0.4, -0.2) is 5.54 Å². The summed E-state index contributed by atoms with van der Waals surface area (Å²) >= 11 is 0. The van der Waals surface area contributed by atoms with Crippen LogP contribution in [0.15, 0.2) is 93.6 Å². The van der Waals surface area contributed by atoms with E-state index in [1.165, 1.54) is 17.7 Å². The van der Waals surface area contributed by atoms with Crippen LogP contribution in [0.5, 0.6) is 0 Å². The fourth-order valence-corrected chi connectivity index (χ4v) is 4.09. The highest BCUT2D eigenvalue weighted by Crippen LogP contribution is 2.30.